The van der Waals surface area contributed by atoms with Gasteiger partial charge in [0.15, 0.2) is 0 Å². The van der Waals surface area contributed by atoms with Crippen LogP contribution in [0.15, 0.2) is 97.1 Å². The van der Waals surface area contributed by atoms with E-state index >= 15 is 0 Å². The average molecular weight is 545 g/mol. The fourth-order valence-electron chi connectivity index (χ4n) is 4.52. The Hall–Kier alpha value is -4.40. The molecule has 0 aliphatic carbocycles. The molecule has 4 aromatic carbocycles. The molecule has 198 valence electrons. The number of hydrogen-bond acceptors (Lipinski definition) is 5. The van der Waals surface area contributed by atoms with Crippen LogP contribution < -0.4 is 14.4 Å². The van der Waals surface area contributed by atoms with Crippen molar-refractivity contribution < 1.29 is 24.1 Å². The minimum absolute atomic E-state index is 0.0205. The van der Waals surface area contributed by atoms with Crippen LogP contribution in [0.4, 0.5) is 5.69 Å². The number of nitrogens with one attached hydrogen (secondary N) is 1. The van der Waals surface area contributed by atoms with E-state index in [-0.39, 0.29) is 23.1 Å². The SMILES string of the molecule is O=C(c1ccc(Oc2cc(Oc3cccc(Cl)c3)cc([N+](=O)[O-])c2)cc1)N1CC[NH+](Cc2ccccc2)CC1. The van der Waals surface area contributed by atoms with E-state index in [0.717, 1.165) is 19.6 Å². The molecule has 8 nitrogen and oxygen atoms in total. The Morgan fingerprint density at radius 2 is 1.49 bits per heavy atom. The molecule has 1 heterocycles. The van der Waals surface area contributed by atoms with E-state index in [1.54, 1.807) is 54.6 Å². The first-order valence-electron chi connectivity index (χ1n) is 12.6. The molecule has 0 spiro atoms. The number of halogens is 1. The van der Waals surface area contributed by atoms with Gasteiger partial charge in [0.2, 0.25) is 0 Å². The number of hydrogen-bond donors (Lipinski definition) is 1. The second-order valence-corrected chi connectivity index (χ2v) is 9.75. The van der Waals surface area contributed by atoms with Crippen LogP contribution in [0.5, 0.6) is 23.0 Å². The van der Waals surface area contributed by atoms with Crippen LogP contribution in [0.1, 0.15) is 15.9 Å². The molecule has 0 aromatic heterocycles. The molecule has 0 atom stereocenters. The number of non-ortho nitro benzene ring substituents is 1. The Morgan fingerprint density at radius 3 is 2.13 bits per heavy atom. The van der Waals surface area contributed by atoms with Crippen molar-refractivity contribution in [3.8, 4) is 23.0 Å². The molecule has 9 heteroatoms. The van der Waals surface area contributed by atoms with Crippen molar-refractivity contribution in [3.05, 3.63) is 123 Å². The largest absolute Gasteiger partial charge is 0.457 e. The third kappa shape index (κ3) is 6.93. The fourth-order valence-corrected chi connectivity index (χ4v) is 4.70. The van der Waals surface area contributed by atoms with Crippen LogP contribution in [-0.4, -0.2) is 41.9 Å². The molecule has 0 bridgehead atoms. The number of nitrogens with zero attached hydrogens (tertiary/aromatic N) is 2. The molecule has 1 aliphatic heterocycles. The average Bonchev–Trinajstić information content (AvgIpc) is 2.94. The van der Waals surface area contributed by atoms with Gasteiger partial charge in [-0.05, 0) is 42.5 Å². The topological polar surface area (TPSA) is 86.3 Å². The summed E-state index contributed by atoms with van der Waals surface area (Å²) >= 11 is 6.01. The quantitative estimate of drug-likeness (QED) is 0.238. The summed E-state index contributed by atoms with van der Waals surface area (Å²) in [5.41, 5.74) is 1.69. The number of carbonyl (C=O) groups is 1. The maximum atomic E-state index is 13.1. The van der Waals surface area contributed by atoms with Gasteiger partial charge in [-0.3, -0.25) is 14.9 Å². The van der Waals surface area contributed by atoms with Crippen LogP contribution in [0.2, 0.25) is 5.02 Å². The number of amides is 1. The molecular formula is C30H27ClN3O5+. The molecule has 1 N–H and O–H groups in total. The highest BCUT2D eigenvalue weighted by molar-refractivity contribution is 6.30. The molecule has 39 heavy (non-hydrogen) atoms. The highest BCUT2D eigenvalue weighted by Gasteiger charge is 2.24. The summed E-state index contributed by atoms with van der Waals surface area (Å²) in [6.45, 7) is 4.14. The van der Waals surface area contributed by atoms with E-state index in [0.29, 0.717) is 35.2 Å². The molecule has 4 aromatic rings. The Labute approximate surface area is 231 Å². The first kappa shape index (κ1) is 26.2. The van der Waals surface area contributed by atoms with Gasteiger partial charge in [-0.2, -0.15) is 0 Å². The number of ether oxygens (including phenoxy) is 2. The maximum Gasteiger partial charge on any atom is 0.276 e. The molecule has 1 saturated heterocycles. The highest BCUT2D eigenvalue weighted by Crippen LogP contribution is 2.34. The van der Waals surface area contributed by atoms with E-state index in [1.165, 1.54) is 22.6 Å². The minimum Gasteiger partial charge on any atom is -0.457 e. The molecular weight excluding hydrogens is 518 g/mol. The first-order chi connectivity index (χ1) is 18.9. The minimum atomic E-state index is -0.513. The highest BCUT2D eigenvalue weighted by atomic mass is 35.5. The van der Waals surface area contributed by atoms with Gasteiger partial charge in [-0.15, -0.1) is 0 Å². The zero-order chi connectivity index (χ0) is 27.2. The molecule has 0 saturated carbocycles. The third-order valence-corrected chi connectivity index (χ3v) is 6.73. The van der Waals surface area contributed by atoms with Crippen molar-refractivity contribution in [2.45, 2.75) is 6.54 Å². The van der Waals surface area contributed by atoms with Crippen molar-refractivity contribution in [2.24, 2.45) is 0 Å². The molecule has 1 aliphatic rings. The zero-order valence-electron chi connectivity index (χ0n) is 21.1. The van der Waals surface area contributed by atoms with Gasteiger partial charge < -0.3 is 19.3 Å². The lowest BCUT2D eigenvalue weighted by Gasteiger charge is -2.32. The normalized spacial score (nSPS) is 13.6. The predicted octanol–water partition coefficient (Wildman–Crippen LogP) is 5.37. The van der Waals surface area contributed by atoms with Crippen LogP contribution >= 0.6 is 11.6 Å². The summed E-state index contributed by atoms with van der Waals surface area (Å²) in [7, 11) is 0. The lowest BCUT2D eigenvalue weighted by molar-refractivity contribution is -0.917. The monoisotopic (exact) mass is 544 g/mol. The third-order valence-electron chi connectivity index (χ3n) is 6.50. The molecule has 0 unspecified atom stereocenters. The van der Waals surface area contributed by atoms with Crippen molar-refractivity contribution in [3.63, 3.8) is 0 Å². The van der Waals surface area contributed by atoms with Gasteiger partial charge in [0, 0.05) is 22.2 Å². The summed E-state index contributed by atoms with van der Waals surface area (Å²) in [6.07, 6.45) is 0. The number of nitro benzene ring substituents is 1. The Morgan fingerprint density at radius 1 is 0.821 bits per heavy atom. The van der Waals surface area contributed by atoms with E-state index in [4.69, 9.17) is 21.1 Å². The molecule has 1 amide bonds. The number of nitro groups is 1. The predicted molar refractivity (Wildman–Crippen MR) is 148 cm³/mol. The first-order valence-corrected chi connectivity index (χ1v) is 13.0. The summed E-state index contributed by atoms with van der Waals surface area (Å²) in [6, 6.07) is 28.1. The van der Waals surface area contributed by atoms with Gasteiger partial charge in [0.25, 0.3) is 11.6 Å². The van der Waals surface area contributed by atoms with E-state index < -0.39 is 4.92 Å². The van der Waals surface area contributed by atoms with Gasteiger partial charge in [0.1, 0.15) is 29.5 Å². The summed E-state index contributed by atoms with van der Waals surface area (Å²) in [4.78, 5) is 27.4. The van der Waals surface area contributed by atoms with Crippen molar-refractivity contribution in [1.29, 1.82) is 0 Å². The van der Waals surface area contributed by atoms with Crippen LogP contribution in [0.3, 0.4) is 0 Å². The second-order valence-electron chi connectivity index (χ2n) is 9.31. The van der Waals surface area contributed by atoms with Gasteiger partial charge in [-0.25, -0.2) is 0 Å². The lowest BCUT2D eigenvalue weighted by atomic mass is 10.1. The molecule has 0 radical (unpaired) electrons. The number of quaternary nitrogens is 1. The maximum absolute atomic E-state index is 13.1. The van der Waals surface area contributed by atoms with Gasteiger partial charge in [-0.1, -0.05) is 48.0 Å². The van der Waals surface area contributed by atoms with Gasteiger partial charge >= 0.3 is 0 Å². The van der Waals surface area contributed by atoms with Crippen molar-refractivity contribution in [1.82, 2.24) is 4.90 Å². The Balaban J connectivity index is 1.22. The summed E-state index contributed by atoms with van der Waals surface area (Å²) in [5, 5.41) is 12.0. The smallest absolute Gasteiger partial charge is 0.276 e. The number of rotatable bonds is 8. The Bertz CT molecular complexity index is 1460. The lowest BCUT2D eigenvalue weighted by Crippen LogP contribution is -3.13. The van der Waals surface area contributed by atoms with Crippen LogP contribution in [0.25, 0.3) is 0 Å². The standard InChI is InChI=1S/C30H26ClN3O5/c31-24-7-4-8-27(17-24)39-29-19-25(34(36)37)18-28(20-29)38-26-11-9-23(10-12-26)30(35)33-15-13-32(14-16-33)21-22-5-2-1-3-6-22/h1-12,17-20H,13-16,21H2/p+1. The number of piperazine rings is 1. The van der Waals surface area contributed by atoms with Crippen molar-refractivity contribution in [2.75, 3.05) is 26.2 Å². The zero-order valence-corrected chi connectivity index (χ0v) is 21.8. The van der Waals surface area contributed by atoms with Crippen LogP contribution in [0, 0.1) is 10.1 Å². The van der Waals surface area contributed by atoms with E-state index in [2.05, 4.69) is 24.3 Å². The second kappa shape index (κ2) is 12.0. The number of benzene rings is 4. The Kier molecular flexibility index (Phi) is 8.05. The molecule has 1 fully saturated rings. The fraction of sp³-hybridized carbons (Fsp3) is 0.167. The van der Waals surface area contributed by atoms with Gasteiger partial charge in [0.05, 0.1) is 43.2 Å². The summed E-state index contributed by atoms with van der Waals surface area (Å²) < 4.78 is 11.6. The number of carbonyl (C=O) groups excluding carboxylic acids is 1. The van der Waals surface area contributed by atoms with E-state index in [1.807, 2.05) is 11.0 Å². The van der Waals surface area contributed by atoms with E-state index in [9.17, 15) is 14.9 Å². The summed E-state index contributed by atoms with van der Waals surface area (Å²) in [5.74, 6) is 1.34. The molecule has 5 rings (SSSR count). The van der Waals surface area contributed by atoms with Crippen molar-refractivity contribution >= 4 is 23.2 Å². The van der Waals surface area contributed by atoms with Crippen LogP contribution in [-0.2, 0) is 6.54 Å².